The molecule has 190 valence electrons. The third-order valence-corrected chi connectivity index (χ3v) is 5.50. The average molecular weight is 491 g/mol. The third-order valence-electron chi connectivity index (χ3n) is 5.50. The standard InChI is InChI=1S/C24H30N2O9/c1-2-3-10-35-20(28)9-11-32-12-13-33-14-15-34-18-6-4-5-16-21(18)24(31)26(23(16)30)17-7-8-19(27)25-22(17)29/h4-6,17H,2-3,7-15H2,1H3,(H,25,27,29). The number of hydrogen-bond acceptors (Lipinski definition) is 9. The number of fused-ring (bicyclic) bond motifs is 1. The number of nitrogens with one attached hydrogen (secondary N) is 1. The van der Waals surface area contributed by atoms with E-state index < -0.39 is 29.7 Å². The van der Waals surface area contributed by atoms with Crippen LogP contribution in [0.5, 0.6) is 5.75 Å². The molecule has 0 aromatic heterocycles. The lowest BCUT2D eigenvalue weighted by Gasteiger charge is -2.27. The van der Waals surface area contributed by atoms with Gasteiger partial charge in [0.1, 0.15) is 18.4 Å². The monoisotopic (exact) mass is 490 g/mol. The minimum absolute atomic E-state index is 0.0528. The first-order chi connectivity index (χ1) is 16.9. The predicted molar refractivity (Wildman–Crippen MR) is 121 cm³/mol. The first kappa shape index (κ1) is 26.3. The van der Waals surface area contributed by atoms with Gasteiger partial charge in [0.15, 0.2) is 0 Å². The molecule has 1 N–H and O–H groups in total. The van der Waals surface area contributed by atoms with E-state index in [0.29, 0.717) is 19.8 Å². The van der Waals surface area contributed by atoms with Crippen LogP contribution in [0.4, 0.5) is 0 Å². The van der Waals surface area contributed by atoms with E-state index in [9.17, 15) is 24.0 Å². The summed E-state index contributed by atoms with van der Waals surface area (Å²) in [7, 11) is 0. The third kappa shape index (κ3) is 6.86. The maximum absolute atomic E-state index is 13.0. The summed E-state index contributed by atoms with van der Waals surface area (Å²) < 4.78 is 21.5. The number of nitrogens with zero attached hydrogens (tertiary/aromatic N) is 1. The molecule has 0 radical (unpaired) electrons. The van der Waals surface area contributed by atoms with E-state index in [1.807, 2.05) is 6.92 Å². The van der Waals surface area contributed by atoms with Crippen LogP contribution in [-0.4, -0.2) is 80.2 Å². The molecule has 11 heteroatoms. The molecule has 1 saturated heterocycles. The molecular weight excluding hydrogens is 460 g/mol. The fourth-order valence-electron chi connectivity index (χ4n) is 3.69. The van der Waals surface area contributed by atoms with Crippen LogP contribution >= 0.6 is 0 Å². The Hall–Kier alpha value is -3.31. The van der Waals surface area contributed by atoms with Crippen molar-refractivity contribution in [3.8, 4) is 5.75 Å². The molecule has 4 amide bonds. The van der Waals surface area contributed by atoms with Crippen LogP contribution in [0.1, 0.15) is 59.7 Å². The van der Waals surface area contributed by atoms with Crippen LogP contribution in [0.3, 0.4) is 0 Å². The molecular formula is C24H30N2O9. The van der Waals surface area contributed by atoms with Crippen molar-refractivity contribution >= 4 is 29.6 Å². The van der Waals surface area contributed by atoms with Crippen LogP contribution in [0.25, 0.3) is 0 Å². The van der Waals surface area contributed by atoms with Crippen LogP contribution in [0.2, 0.25) is 0 Å². The highest BCUT2D eigenvalue weighted by Gasteiger charge is 2.45. The Morgan fingerprint density at radius 3 is 2.49 bits per heavy atom. The van der Waals surface area contributed by atoms with E-state index in [4.69, 9.17) is 18.9 Å². The summed E-state index contributed by atoms with van der Waals surface area (Å²) in [5.41, 5.74) is 0.246. The molecule has 1 aromatic carbocycles. The van der Waals surface area contributed by atoms with Crippen molar-refractivity contribution in [1.82, 2.24) is 10.2 Å². The summed E-state index contributed by atoms with van der Waals surface area (Å²) in [6.07, 6.45) is 2.14. The number of imide groups is 2. The number of rotatable bonds is 14. The van der Waals surface area contributed by atoms with Gasteiger partial charge in [0.2, 0.25) is 11.8 Å². The normalized spacial score (nSPS) is 17.4. The Morgan fingerprint density at radius 1 is 1.00 bits per heavy atom. The fraction of sp³-hybridized carbons (Fsp3) is 0.542. The zero-order valence-electron chi connectivity index (χ0n) is 19.7. The quantitative estimate of drug-likeness (QED) is 0.232. The van der Waals surface area contributed by atoms with Crippen molar-refractivity contribution in [3.63, 3.8) is 0 Å². The topological polar surface area (TPSA) is 138 Å². The Labute approximate surface area is 203 Å². The van der Waals surface area contributed by atoms with Crippen molar-refractivity contribution in [2.75, 3.05) is 39.6 Å². The van der Waals surface area contributed by atoms with Crippen LogP contribution in [0.15, 0.2) is 18.2 Å². The smallest absolute Gasteiger partial charge is 0.308 e. The Kier molecular flexibility index (Phi) is 9.74. The van der Waals surface area contributed by atoms with Gasteiger partial charge in [-0.1, -0.05) is 19.4 Å². The van der Waals surface area contributed by atoms with Crippen molar-refractivity contribution in [2.24, 2.45) is 0 Å². The molecule has 2 aliphatic heterocycles. The van der Waals surface area contributed by atoms with Crippen LogP contribution in [-0.2, 0) is 28.6 Å². The summed E-state index contributed by atoms with van der Waals surface area (Å²) in [6.45, 7) is 3.63. The number of benzene rings is 1. The highest BCUT2D eigenvalue weighted by molar-refractivity contribution is 6.24. The molecule has 1 unspecified atom stereocenters. The summed E-state index contributed by atoms with van der Waals surface area (Å²) in [4.78, 5) is 61.7. The van der Waals surface area contributed by atoms with E-state index in [-0.39, 0.29) is 61.9 Å². The van der Waals surface area contributed by atoms with Gasteiger partial charge in [0, 0.05) is 6.42 Å². The number of esters is 1. The highest BCUT2D eigenvalue weighted by Crippen LogP contribution is 2.33. The number of piperidine rings is 1. The second-order valence-corrected chi connectivity index (χ2v) is 8.02. The fourth-order valence-corrected chi connectivity index (χ4v) is 3.69. The number of carbonyl (C=O) groups is 5. The SMILES string of the molecule is CCCCOC(=O)CCOCCOCCOc1cccc2c1C(=O)N(C1CCC(=O)NC1=O)C2=O. The van der Waals surface area contributed by atoms with Gasteiger partial charge in [0.05, 0.1) is 50.6 Å². The molecule has 1 fully saturated rings. The highest BCUT2D eigenvalue weighted by atomic mass is 16.5. The summed E-state index contributed by atoms with van der Waals surface area (Å²) in [5, 5.41) is 2.17. The van der Waals surface area contributed by atoms with Crippen molar-refractivity contribution < 1.29 is 42.9 Å². The van der Waals surface area contributed by atoms with E-state index in [2.05, 4.69) is 5.32 Å². The van der Waals surface area contributed by atoms with Crippen molar-refractivity contribution in [2.45, 2.75) is 45.1 Å². The Bertz CT molecular complexity index is 962. The lowest BCUT2D eigenvalue weighted by Crippen LogP contribution is -2.54. The van der Waals surface area contributed by atoms with Crippen LogP contribution < -0.4 is 10.1 Å². The first-order valence-corrected chi connectivity index (χ1v) is 11.7. The Balaban J connectivity index is 1.39. The minimum Gasteiger partial charge on any atom is -0.490 e. The second-order valence-electron chi connectivity index (χ2n) is 8.02. The zero-order valence-corrected chi connectivity index (χ0v) is 19.7. The first-order valence-electron chi connectivity index (χ1n) is 11.7. The van der Waals surface area contributed by atoms with Gasteiger partial charge in [-0.25, -0.2) is 0 Å². The molecule has 3 rings (SSSR count). The van der Waals surface area contributed by atoms with Gasteiger partial charge in [-0.2, -0.15) is 0 Å². The number of ether oxygens (including phenoxy) is 4. The number of carbonyl (C=O) groups excluding carboxylic acids is 5. The molecule has 2 heterocycles. The molecule has 1 atom stereocenters. The van der Waals surface area contributed by atoms with Crippen LogP contribution in [0, 0.1) is 0 Å². The van der Waals surface area contributed by atoms with E-state index in [1.165, 1.54) is 6.07 Å². The van der Waals surface area contributed by atoms with E-state index in [1.54, 1.807) is 12.1 Å². The molecule has 0 aliphatic carbocycles. The zero-order chi connectivity index (χ0) is 25.2. The maximum atomic E-state index is 13.0. The molecule has 0 spiro atoms. The molecule has 2 aliphatic rings. The van der Waals surface area contributed by atoms with E-state index in [0.717, 1.165) is 17.7 Å². The molecule has 1 aromatic rings. The lowest BCUT2D eigenvalue weighted by atomic mass is 10.0. The maximum Gasteiger partial charge on any atom is 0.308 e. The largest absolute Gasteiger partial charge is 0.490 e. The number of amides is 4. The Morgan fingerprint density at radius 2 is 1.74 bits per heavy atom. The van der Waals surface area contributed by atoms with Crippen molar-refractivity contribution in [3.05, 3.63) is 29.3 Å². The second kappa shape index (κ2) is 13.0. The molecule has 11 nitrogen and oxygen atoms in total. The minimum atomic E-state index is -1.03. The van der Waals surface area contributed by atoms with Gasteiger partial charge in [-0.05, 0) is 25.0 Å². The molecule has 0 saturated carbocycles. The summed E-state index contributed by atoms with van der Waals surface area (Å²) >= 11 is 0. The molecule has 35 heavy (non-hydrogen) atoms. The van der Waals surface area contributed by atoms with Gasteiger partial charge < -0.3 is 18.9 Å². The van der Waals surface area contributed by atoms with Crippen molar-refractivity contribution in [1.29, 1.82) is 0 Å². The number of unbranched alkanes of at least 4 members (excludes halogenated alkanes) is 1. The van der Waals surface area contributed by atoms with Gasteiger partial charge >= 0.3 is 5.97 Å². The number of hydrogen-bond donors (Lipinski definition) is 1. The van der Waals surface area contributed by atoms with Gasteiger partial charge in [0.25, 0.3) is 11.8 Å². The lowest BCUT2D eigenvalue weighted by molar-refractivity contribution is -0.145. The molecule has 0 bridgehead atoms. The van der Waals surface area contributed by atoms with E-state index >= 15 is 0 Å². The summed E-state index contributed by atoms with van der Waals surface area (Å²) in [5.74, 6) is -2.38. The van der Waals surface area contributed by atoms with Gasteiger partial charge in [-0.3, -0.25) is 34.2 Å². The average Bonchev–Trinajstić information content (AvgIpc) is 3.09. The predicted octanol–water partition coefficient (Wildman–Crippen LogP) is 1.23. The van der Waals surface area contributed by atoms with Gasteiger partial charge in [-0.15, -0.1) is 0 Å². The summed E-state index contributed by atoms with van der Waals surface area (Å²) in [6, 6.07) is 3.63.